The molecule has 0 aliphatic carbocycles. The fourth-order valence-corrected chi connectivity index (χ4v) is 5.11. The van der Waals surface area contributed by atoms with E-state index in [0.717, 1.165) is 41.3 Å². The lowest BCUT2D eigenvalue weighted by Gasteiger charge is -2.25. The molecule has 194 valence electrons. The number of rotatable bonds is 9. The van der Waals surface area contributed by atoms with Crippen molar-refractivity contribution in [2.24, 2.45) is 0 Å². The van der Waals surface area contributed by atoms with E-state index in [0.29, 0.717) is 42.0 Å². The maximum atomic E-state index is 13.8. The van der Waals surface area contributed by atoms with Gasteiger partial charge in [0, 0.05) is 30.8 Å². The normalized spacial score (nSPS) is 12.3. The molecule has 0 radical (unpaired) electrons. The highest BCUT2D eigenvalue weighted by atomic mass is 35.5. The smallest absolute Gasteiger partial charge is 0.260 e. The molecule has 1 aliphatic rings. The number of hydrogen-bond acceptors (Lipinski definition) is 7. The van der Waals surface area contributed by atoms with Crippen molar-refractivity contribution in [2.75, 3.05) is 44.3 Å². The zero-order valence-corrected chi connectivity index (χ0v) is 22.5. The maximum absolute atomic E-state index is 13.8. The van der Waals surface area contributed by atoms with Crippen LogP contribution < -0.4 is 19.1 Å². The number of ether oxygens (including phenoxy) is 3. The van der Waals surface area contributed by atoms with Gasteiger partial charge in [-0.2, -0.15) is 0 Å². The van der Waals surface area contributed by atoms with E-state index in [9.17, 15) is 4.79 Å². The molecule has 0 spiro atoms. The van der Waals surface area contributed by atoms with Gasteiger partial charge in [0.2, 0.25) is 0 Å². The number of thiazole rings is 1. The summed E-state index contributed by atoms with van der Waals surface area (Å²) in [6.07, 6.45) is 0. The van der Waals surface area contributed by atoms with Crippen molar-refractivity contribution in [1.82, 2.24) is 9.88 Å². The first-order valence-electron chi connectivity index (χ1n) is 12.2. The van der Waals surface area contributed by atoms with Gasteiger partial charge in [0.15, 0.2) is 16.6 Å². The number of hydrogen-bond donors (Lipinski definition) is 0. The number of benzene rings is 3. The summed E-state index contributed by atoms with van der Waals surface area (Å²) in [5, 5.41) is 0.652. The van der Waals surface area contributed by atoms with E-state index < -0.39 is 0 Å². The van der Waals surface area contributed by atoms with Gasteiger partial charge in [0.05, 0.1) is 10.2 Å². The molecule has 0 saturated heterocycles. The van der Waals surface area contributed by atoms with Crippen LogP contribution in [0.5, 0.6) is 23.0 Å². The summed E-state index contributed by atoms with van der Waals surface area (Å²) in [6.45, 7) is 8.41. The molecule has 0 bridgehead atoms. The second-order valence-electron chi connectivity index (χ2n) is 8.39. The molecular formula is C28H30ClN3O4S. The van der Waals surface area contributed by atoms with Crippen LogP contribution in [0.1, 0.15) is 24.2 Å². The molecule has 5 rings (SSSR count). The molecule has 0 unspecified atom stereocenters. The molecule has 3 aromatic carbocycles. The van der Waals surface area contributed by atoms with Gasteiger partial charge in [-0.1, -0.05) is 49.4 Å². The molecule has 7 nitrogen and oxygen atoms in total. The minimum absolute atomic E-state index is 0. The molecule has 0 atom stereocenters. The highest BCUT2D eigenvalue weighted by Crippen LogP contribution is 2.39. The number of fused-ring (bicyclic) bond motifs is 2. The molecule has 0 fully saturated rings. The Kier molecular flexibility index (Phi) is 8.87. The van der Waals surface area contributed by atoms with Crippen molar-refractivity contribution in [1.29, 1.82) is 0 Å². The van der Waals surface area contributed by atoms with Crippen LogP contribution in [0.2, 0.25) is 0 Å². The zero-order chi connectivity index (χ0) is 24.9. The summed E-state index contributed by atoms with van der Waals surface area (Å²) in [7, 11) is 0. The number of para-hydroxylation sites is 1. The van der Waals surface area contributed by atoms with Gasteiger partial charge in [-0.3, -0.25) is 9.69 Å². The van der Waals surface area contributed by atoms with E-state index in [1.165, 1.54) is 11.3 Å². The number of likely N-dealkylation sites (N-methyl/N-ethyl adjacent to an activating group) is 1. The summed E-state index contributed by atoms with van der Waals surface area (Å²) in [4.78, 5) is 22.7. The van der Waals surface area contributed by atoms with Gasteiger partial charge in [0.25, 0.3) is 5.91 Å². The van der Waals surface area contributed by atoms with Gasteiger partial charge in [-0.25, -0.2) is 4.98 Å². The number of carbonyl (C=O) groups excluding carboxylic acids is 1. The minimum Gasteiger partial charge on any atom is -0.486 e. The van der Waals surface area contributed by atoms with Crippen molar-refractivity contribution in [3.63, 3.8) is 0 Å². The molecule has 9 heteroatoms. The summed E-state index contributed by atoms with van der Waals surface area (Å²) in [6, 6.07) is 20.7. The molecule has 1 aromatic heterocycles. The van der Waals surface area contributed by atoms with Crippen LogP contribution >= 0.6 is 23.7 Å². The summed E-state index contributed by atoms with van der Waals surface area (Å²) in [5.74, 6) is 2.63. The molecule has 1 amide bonds. The number of nitrogens with zero attached hydrogens (tertiary/aromatic N) is 3. The van der Waals surface area contributed by atoms with Gasteiger partial charge in [0.1, 0.15) is 24.7 Å². The van der Waals surface area contributed by atoms with E-state index in [-0.39, 0.29) is 18.3 Å². The van der Waals surface area contributed by atoms with E-state index in [4.69, 9.17) is 19.2 Å². The average molecular weight is 540 g/mol. The standard InChI is InChI=1S/C28H29N3O4S.ClH/c1-3-30(4-2)13-14-31(28-29-23-18-24-25(19-26(23)36-28)34-16-15-33-24)27(32)20-9-8-12-22(17-20)35-21-10-6-5-7-11-21;/h5-12,17-19H,3-4,13-16H2,1-2H3;1H. The first-order chi connectivity index (χ1) is 17.6. The van der Waals surface area contributed by atoms with Crippen LogP contribution in [0.4, 0.5) is 5.13 Å². The van der Waals surface area contributed by atoms with Crippen molar-refractivity contribution in [3.8, 4) is 23.0 Å². The van der Waals surface area contributed by atoms with Crippen molar-refractivity contribution in [2.45, 2.75) is 13.8 Å². The average Bonchev–Trinajstić information content (AvgIpc) is 3.32. The Balaban J connectivity index is 0.00000320. The lowest BCUT2D eigenvalue weighted by molar-refractivity contribution is 0.0983. The molecule has 0 saturated carbocycles. The molecule has 0 N–H and O–H groups in total. The van der Waals surface area contributed by atoms with Gasteiger partial charge in [-0.05, 0) is 43.4 Å². The Morgan fingerprint density at radius 1 is 0.919 bits per heavy atom. The van der Waals surface area contributed by atoms with Gasteiger partial charge < -0.3 is 19.1 Å². The first-order valence-corrected chi connectivity index (χ1v) is 13.0. The predicted molar refractivity (Wildman–Crippen MR) is 150 cm³/mol. The second-order valence-corrected chi connectivity index (χ2v) is 9.40. The van der Waals surface area contributed by atoms with Crippen LogP contribution in [0, 0.1) is 0 Å². The highest BCUT2D eigenvalue weighted by Gasteiger charge is 2.24. The third kappa shape index (κ3) is 6.15. The van der Waals surface area contributed by atoms with Crippen LogP contribution in [0.3, 0.4) is 0 Å². The monoisotopic (exact) mass is 539 g/mol. The quantitative estimate of drug-likeness (QED) is 0.250. The number of carbonyl (C=O) groups is 1. The summed E-state index contributed by atoms with van der Waals surface area (Å²) < 4.78 is 18.4. The Morgan fingerprint density at radius 2 is 1.62 bits per heavy atom. The zero-order valence-electron chi connectivity index (χ0n) is 20.9. The lowest BCUT2D eigenvalue weighted by Crippen LogP contribution is -2.38. The number of amides is 1. The maximum Gasteiger partial charge on any atom is 0.260 e. The third-order valence-corrected chi connectivity index (χ3v) is 7.15. The lowest BCUT2D eigenvalue weighted by atomic mass is 10.2. The van der Waals surface area contributed by atoms with Crippen LogP contribution in [0.15, 0.2) is 66.7 Å². The summed E-state index contributed by atoms with van der Waals surface area (Å²) in [5.41, 5.74) is 1.34. The molecule has 37 heavy (non-hydrogen) atoms. The van der Waals surface area contributed by atoms with E-state index >= 15 is 0 Å². The number of aromatic nitrogens is 1. The third-order valence-electron chi connectivity index (χ3n) is 6.11. The van der Waals surface area contributed by atoms with Crippen molar-refractivity contribution < 1.29 is 19.0 Å². The topological polar surface area (TPSA) is 64.1 Å². The van der Waals surface area contributed by atoms with Gasteiger partial charge >= 0.3 is 0 Å². The van der Waals surface area contributed by atoms with Crippen LogP contribution in [-0.2, 0) is 0 Å². The fraction of sp³-hybridized carbons (Fsp3) is 0.286. The number of halogens is 1. The largest absolute Gasteiger partial charge is 0.486 e. The Labute approximate surface area is 227 Å². The van der Waals surface area contributed by atoms with E-state index in [1.54, 1.807) is 11.0 Å². The SMILES string of the molecule is CCN(CC)CCN(C(=O)c1cccc(Oc2ccccc2)c1)c1nc2cc3c(cc2s1)OCCO3.Cl. The second kappa shape index (κ2) is 12.3. The highest BCUT2D eigenvalue weighted by molar-refractivity contribution is 7.22. The molecule has 4 aromatic rings. The predicted octanol–water partition coefficient (Wildman–Crippen LogP) is 6.27. The van der Waals surface area contributed by atoms with Crippen LogP contribution in [-0.4, -0.2) is 55.2 Å². The number of anilines is 1. The Hall–Kier alpha value is -3.33. The molecule has 1 aliphatic heterocycles. The first kappa shape index (κ1) is 26.7. The van der Waals surface area contributed by atoms with Crippen molar-refractivity contribution >= 4 is 45.0 Å². The molecular weight excluding hydrogens is 510 g/mol. The van der Waals surface area contributed by atoms with Crippen molar-refractivity contribution in [3.05, 3.63) is 72.3 Å². The fourth-order valence-electron chi connectivity index (χ4n) is 4.11. The van der Waals surface area contributed by atoms with Crippen LogP contribution in [0.25, 0.3) is 10.2 Å². The van der Waals surface area contributed by atoms with E-state index in [1.807, 2.05) is 60.7 Å². The van der Waals surface area contributed by atoms with Gasteiger partial charge in [-0.15, -0.1) is 12.4 Å². The van der Waals surface area contributed by atoms with E-state index in [2.05, 4.69) is 18.7 Å². The molecule has 2 heterocycles. The summed E-state index contributed by atoms with van der Waals surface area (Å²) >= 11 is 1.48. The Morgan fingerprint density at radius 3 is 2.35 bits per heavy atom. The minimum atomic E-state index is -0.114. The Bertz CT molecular complexity index is 1300.